The smallest absolute Gasteiger partial charge is 0.388 e. The maximum Gasteiger partial charge on any atom is 0.416 e. The molecule has 0 aliphatic heterocycles. The molecule has 0 aliphatic carbocycles. The third kappa shape index (κ3) is 3.74. The van der Waals surface area contributed by atoms with Crippen LogP contribution in [0, 0.1) is 0 Å². The Balaban J connectivity index is 2.08. The topological polar surface area (TPSA) is 20.2 Å². The first-order chi connectivity index (χ1) is 9.36. The average Bonchev–Trinajstić information content (AvgIpc) is 2.39. The van der Waals surface area contributed by atoms with E-state index in [2.05, 4.69) is 0 Å². The lowest BCUT2D eigenvalue weighted by Gasteiger charge is -2.12. The summed E-state index contributed by atoms with van der Waals surface area (Å²) < 4.78 is 37.3. The average molecular weight is 301 g/mol. The van der Waals surface area contributed by atoms with Crippen LogP contribution in [0.4, 0.5) is 13.2 Å². The van der Waals surface area contributed by atoms with E-state index in [4.69, 9.17) is 11.6 Å². The Morgan fingerprint density at radius 1 is 0.950 bits per heavy atom. The van der Waals surface area contributed by atoms with Crippen molar-refractivity contribution in [2.24, 2.45) is 0 Å². The molecular weight excluding hydrogens is 289 g/mol. The first-order valence-electron chi connectivity index (χ1n) is 5.96. The van der Waals surface area contributed by atoms with Crippen molar-refractivity contribution in [2.75, 3.05) is 0 Å². The number of rotatable bonds is 3. The van der Waals surface area contributed by atoms with Crippen LogP contribution in [0.2, 0.25) is 5.02 Å². The third-order valence-corrected chi connectivity index (χ3v) is 3.22. The van der Waals surface area contributed by atoms with Crippen molar-refractivity contribution >= 4 is 11.6 Å². The summed E-state index contributed by atoms with van der Waals surface area (Å²) >= 11 is 5.75. The lowest BCUT2D eigenvalue weighted by Crippen LogP contribution is -2.06. The molecule has 20 heavy (non-hydrogen) atoms. The molecular formula is C15H12ClF3O. The van der Waals surface area contributed by atoms with Crippen LogP contribution >= 0.6 is 11.6 Å². The summed E-state index contributed by atoms with van der Waals surface area (Å²) in [6, 6.07) is 11.5. The number of aliphatic hydroxyl groups is 1. The van der Waals surface area contributed by atoms with Gasteiger partial charge in [-0.1, -0.05) is 35.9 Å². The van der Waals surface area contributed by atoms with Crippen LogP contribution in [0.5, 0.6) is 0 Å². The van der Waals surface area contributed by atoms with Crippen LogP contribution in [0.15, 0.2) is 48.5 Å². The summed E-state index contributed by atoms with van der Waals surface area (Å²) in [4.78, 5) is 0. The summed E-state index contributed by atoms with van der Waals surface area (Å²) in [7, 11) is 0. The highest BCUT2D eigenvalue weighted by atomic mass is 35.5. The number of alkyl halides is 3. The largest absolute Gasteiger partial charge is 0.416 e. The van der Waals surface area contributed by atoms with Crippen molar-refractivity contribution in [1.82, 2.24) is 0 Å². The van der Waals surface area contributed by atoms with Gasteiger partial charge in [0.1, 0.15) is 0 Å². The minimum Gasteiger partial charge on any atom is -0.388 e. The Bertz CT molecular complexity index is 561. The molecule has 0 spiro atoms. The van der Waals surface area contributed by atoms with Crippen LogP contribution < -0.4 is 0 Å². The third-order valence-electron chi connectivity index (χ3n) is 2.97. The van der Waals surface area contributed by atoms with Crippen LogP contribution in [0.1, 0.15) is 22.8 Å². The molecule has 0 amide bonds. The van der Waals surface area contributed by atoms with Crippen molar-refractivity contribution in [1.29, 1.82) is 0 Å². The van der Waals surface area contributed by atoms with Gasteiger partial charge in [-0.3, -0.25) is 0 Å². The van der Waals surface area contributed by atoms with Gasteiger partial charge in [-0.25, -0.2) is 0 Å². The Labute approximate surface area is 119 Å². The lowest BCUT2D eigenvalue weighted by atomic mass is 10.0. The van der Waals surface area contributed by atoms with Crippen molar-refractivity contribution in [2.45, 2.75) is 18.7 Å². The summed E-state index contributed by atoms with van der Waals surface area (Å²) in [6.45, 7) is 0. The molecule has 1 N–H and O–H groups in total. The van der Waals surface area contributed by atoms with Crippen molar-refractivity contribution < 1.29 is 18.3 Å². The number of halogens is 4. The van der Waals surface area contributed by atoms with Gasteiger partial charge >= 0.3 is 6.18 Å². The molecule has 1 atom stereocenters. The monoisotopic (exact) mass is 300 g/mol. The van der Waals surface area contributed by atoms with E-state index in [-0.39, 0.29) is 6.42 Å². The molecule has 2 aromatic rings. The van der Waals surface area contributed by atoms with Gasteiger partial charge in [-0.05, 0) is 35.4 Å². The molecule has 0 saturated heterocycles. The molecule has 0 bridgehead atoms. The molecule has 0 radical (unpaired) electrons. The van der Waals surface area contributed by atoms with Crippen molar-refractivity contribution in [3.05, 3.63) is 70.2 Å². The second kappa shape index (κ2) is 5.85. The molecule has 5 heteroatoms. The van der Waals surface area contributed by atoms with E-state index in [1.165, 1.54) is 12.1 Å². The fraction of sp³-hybridized carbons (Fsp3) is 0.200. The zero-order valence-electron chi connectivity index (χ0n) is 10.4. The molecule has 2 rings (SSSR count). The Hall–Kier alpha value is -1.52. The summed E-state index contributed by atoms with van der Waals surface area (Å²) in [5.74, 6) is 0. The quantitative estimate of drug-likeness (QED) is 0.876. The van der Waals surface area contributed by atoms with Gasteiger partial charge in [0.25, 0.3) is 0 Å². The van der Waals surface area contributed by atoms with Gasteiger partial charge in [-0.2, -0.15) is 13.2 Å². The zero-order chi connectivity index (χ0) is 14.8. The highest BCUT2D eigenvalue weighted by Crippen LogP contribution is 2.29. The molecule has 0 saturated carbocycles. The first kappa shape index (κ1) is 14.9. The van der Waals surface area contributed by atoms with Crippen LogP contribution in [-0.2, 0) is 12.6 Å². The second-order valence-electron chi connectivity index (χ2n) is 4.47. The van der Waals surface area contributed by atoms with E-state index < -0.39 is 17.8 Å². The van der Waals surface area contributed by atoms with Crippen molar-refractivity contribution in [3.8, 4) is 0 Å². The van der Waals surface area contributed by atoms with Crippen molar-refractivity contribution in [3.63, 3.8) is 0 Å². The van der Waals surface area contributed by atoms with E-state index in [1.807, 2.05) is 0 Å². The summed E-state index contributed by atoms with van der Waals surface area (Å²) in [5, 5.41) is 10.6. The van der Waals surface area contributed by atoms with E-state index in [0.29, 0.717) is 16.1 Å². The van der Waals surface area contributed by atoms with Gasteiger partial charge in [0.05, 0.1) is 11.7 Å². The molecule has 0 aliphatic rings. The number of benzene rings is 2. The second-order valence-corrected chi connectivity index (χ2v) is 4.90. The minimum absolute atomic E-state index is 0.250. The first-order valence-corrected chi connectivity index (χ1v) is 6.34. The molecule has 0 aromatic heterocycles. The highest BCUT2D eigenvalue weighted by molar-refractivity contribution is 6.30. The molecule has 2 aromatic carbocycles. The molecule has 0 heterocycles. The maximum atomic E-state index is 12.4. The predicted molar refractivity (Wildman–Crippen MR) is 71.6 cm³/mol. The zero-order valence-corrected chi connectivity index (χ0v) is 11.1. The van der Waals surface area contributed by atoms with Gasteiger partial charge in [0, 0.05) is 11.4 Å². The fourth-order valence-corrected chi connectivity index (χ4v) is 1.98. The Kier molecular flexibility index (Phi) is 4.35. The summed E-state index contributed by atoms with van der Waals surface area (Å²) in [5.41, 5.74) is 0.622. The molecule has 106 valence electrons. The Morgan fingerprint density at radius 3 is 2.00 bits per heavy atom. The standard InChI is InChI=1S/C15H12ClF3O/c16-13-7-3-11(4-8-13)14(20)9-10-1-5-12(6-2-10)15(17,18)19/h1-8,14,20H,9H2. The van der Waals surface area contributed by atoms with E-state index in [9.17, 15) is 18.3 Å². The SMILES string of the molecule is OC(Cc1ccc(C(F)(F)F)cc1)c1ccc(Cl)cc1. The molecule has 1 nitrogen and oxygen atoms in total. The van der Waals surface area contributed by atoms with Gasteiger partial charge in [-0.15, -0.1) is 0 Å². The van der Waals surface area contributed by atoms with Gasteiger partial charge < -0.3 is 5.11 Å². The number of aliphatic hydroxyl groups excluding tert-OH is 1. The van der Waals surface area contributed by atoms with Crippen LogP contribution in [-0.4, -0.2) is 5.11 Å². The predicted octanol–water partition coefficient (Wildman–Crippen LogP) is 4.63. The summed E-state index contributed by atoms with van der Waals surface area (Å²) in [6.07, 6.45) is -4.86. The van der Waals surface area contributed by atoms with E-state index >= 15 is 0 Å². The molecule has 1 unspecified atom stereocenters. The Morgan fingerprint density at radius 2 is 1.50 bits per heavy atom. The minimum atomic E-state index is -4.34. The van der Waals surface area contributed by atoms with Gasteiger partial charge in [0.2, 0.25) is 0 Å². The van der Waals surface area contributed by atoms with E-state index in [1.54, 1.807) is 24.3 Å². The number of hydrogen-bond donors (Lipinski definition) is 1. The van der Waals surface area contributed by atoms with E-state index in [0.717, 1.165) is 12.1 Å². The van der Waals surface area contributed by atoms with Crippen LogP contribution in [0.25, 0.3) is 0 Å². The van der Waals surface area contributed by atoms with Gasteiger partial charge in [0.15, 0.2) is 0 Å². The number of hydrogen-bond acceptors (Lipinski definition) is 1. The molecule has 0 fully saturated rings. The highest BCUT2D eigenvalue weighted by Gasteiger charge is 2.29. The lowest BCUT2D eigenvalue weighted by molar-refractivity contribution is -0.137. The maximum absolute atomic E-state index is 12.4. The van der Waals surface area contributed by atoms with Crippen LogP contribution in [0.3, 0.4) is 0 Å². The normalized spacial score (nSPS) is 13.2. The fourth-order valence-electron chi connectivity index (χ4n) is 1.86.